The minimum atomic E-state index is -0.843. The first-order chi connectivity index (χ1) is 17.5. The van der Waals surface area contributed by atoms with E-state index in [1.54, 1.807) is 11.8 Å². The van der Waals surface area contributed by atoms with Gasteiger partial charge in [-0.15, -0.1) is 5.10 Å². The van der Waals surface area contributed by atoms with E-state index in [1.807, 2.05) is 30.1 Å². The Morgan fingerprint density at radius 2 is 1.75 bits per heavy atom. The molecule has 2 amide bonds. The Balaban J connectivity index is 1.37. The zero-order valence-electron chi connectivity index (χ0n) is 21.1. The highest BCUT2D eigenvalue weighted by Gasteiger charge is 2.36. The lowest BCUT2D eigenvalue weighted by molar-refractivity contribution is -0.142. The fourth-order valence-electron chi connectivity index (χ4n) is 5.29. The smallest absolute Gasteiger partial charge is 0.309 e. The zero-order valence-corrected chi connectivity index (χ0v) is 21.9. The summed E-state index contributed by atoms with van der Waals surface area (Å²) in [6.07, 6.45) is 8.20. The Bertz CT molecular complexity index is 927. The second-order valence-electron chi connectivity index (χ2n) is 10.1. The Labute approximate surface area is 218 Å². The van der Waals surface area contributed by atoms with Gasteiger partial charge >= 0.3 is 5.91 Å². The molecule has 3 fully saturated rings. The van der Waals surface area contributed by atoms with Gasteiger partial charge in [-0.1, -0.05) is 67.8 Å². The van der Waals surface area contributed by atoms with E-state index in [1.165, 1.54) is 5.56 Å². The van der Waals surface area contributed by atoms with Crippen LogP contribution in [0.15, 0.2) is 35.4 Å². The molecule has 0 aromatic heterocycles. The van der Waals surface area contributed by atoms with Gasteiger partial charge in [-0.2, -0.15) is 0 Å². The third-order valence-electron chi connectivity index (χ3n) is 7.59. The van der Waals surface area contributed by atoms with Gasteiger partial charge in [0.2, 0.25) is 11.7 Å². The van der Waals surface area contributed by atoms with Gasteiger partial charge in [0.1, 0.15) is 6.04 Å². The molecular weight excluding hydrogens is 476 g/mol. The van der Waals surface area contributed by atoms with E-state index in [-0.39, 0.29) is 23.8 Å². The molecule has 9 heteroatoms. The second-order valence-corrected chi connectivity index (χ2v) is 11.1. The van der Waals surface area contributed by atoms with Gasteiger partial charge in [-0.3, -0.25) is 14.4 Å². The number of thioether (sulfide) groups is 1. The van der Waals surface area contributed by atoms with Gasteiger partial charge in [-0.25, -0.2) is 5.43 Å². The van der Waals surface area contributed by atoms with Crippen molar-refractivity contribution < 1.29 is 19.1 Å². The van der Waals surface area contributed by atoms with E-state index >= 15 is 0 Å². The molecule has 1 aromatic rings. The van der Waals surface area contributed by atoms with Crippen LogP contribution in [0.2, 0.25) is 0 Å². The van der Waals surface area contributed by atoms with Gasteiger partial charge in [0.15, 0.2) is 5.17 Å². The minimum Gasteiger partial charge on any atom is -0.381 e. The topological polar surface area (TPSA) is 100 Å². The Hall–Kier alpha value is -2.39. The largest absolute Gasteiger partial charge is 0.381 e. The molecule has 4 rings (SSSR count). The second kappa shape index (κ2) is 13.2. The summed E-state index contributed by atoms with van der Waals surface area (Å²) in [4.78, 5) is 41.3. The Morgan fingerprint density at radius 1 is 1.06 bits per heavy atom. The maximum atomic E-state index is 13.3. The number of Topliss-reactive ketones (excluding diaryl/α,β-unsaturated/α-hetero) is 1. The van der Waals surface area contributed by atoms with Gasteiger partial charge in [-0.05, 0) is 43.6 Å². The number of carbonyl (C=O) groups excluding carboxylic acids is 3. The number of amides is 2. The summed E-state index contributed by atoms with van der Waals surface area (Å²) >= 11 is 1.56. The van der Waals surface area contributed by atoms with Crippen molar-refractivity contribution >= 4 is 34.5 Å². The van der Waals surface area contributed by atoms with E-state index in [0.717, 1.165) is 50.7 Å². The summed E-state index contributed by atoms with van der Waals surface area (Å²) in [5, 5.41) is 7.92. The first-order valence-electron chi connectivity index (χ1n) is 13.2. The molecule has 8 nitrogen and oxygen atoms in total. The molecule has 1 saturated carbocycles. The number of hydrazone groups is 1. The molecule has 0 spiro atoms. The van der Waals surface area contributed by atoms with E-state index < -0.39 is 17.7 Å². The van der Waals surface area contributed by atoms with E-state index in [2.05, 4.69) is 28.0 Å². The average Bonchev–Trinajstić information content (AvgIpc) is 3.09. The number of carbonyl (C=O) groups is 3. The summed E-state index contributed by atoms with van der Waals surface area (Å²) in [6.45, 7) is 1.06. The minimum absolute atomic E-state index is 0.0870. The fraction of sp³-hybridized carbons (Fsp3) is 0.630. The molecule has 196 valence electrons. The van der Waals surface area contributed by atoms with Crippen molar-refractivity contribution in [1.82, 2.24) is 15.6 Å². The molecule has 36 heavy (non-hydrogen) atoms. The number of likely N-dealkylation sites (N-methyl/N-ethyl adjacent to an activating group) is 1. The zero-order chi connectivity index (χ0) is 25.3. The van der Waals surface area contributed by atoms with Crippen LogP contribution in [0, 0.1) is 11.8 Å². The highest BCUT2D eigenvalue weighted by molar-refractivity contribution is 8.14. The third kappa shape index (κ3) is 7.09. The van der Waals surface area contributed by atoms with Crippen molar-refractivity contribution in [3.8, 4) is 0 Å². The molecule has 1 aliphatic carbocycles. The Morgan fingerprint density at radius 3 is 2.44 bits per heavy atom. The van der Waals surface area contributed by atoms with Gasteiger partial charge in [0.05, 0.1) is 0 Å². The van der Waals surface area contributed by atoms with Crippen molar-refractivity contribution in [2.75, 3.05) is 26.0 Å². The molecule has 2 atom stereocenters. The van der Waals surface area contributed by atoms with Crippen LogP contribution in [0.3, 0.4) is 0 Å². The van der Waals surface area contributed by atoms with Crippen LogP contribution in [-0.4, -0.2) is 65.8 Å². The van der Waals surface area contributed by atoms with Gasteiger partial charge in [0.25, 0.3) is 0 Å². The van der Waals surface area contributed by atoms with Crippen LogP contribution >= 0.6 is 11.8 Å². The lowest BCUT2D eigenvalue weighted by Gasteiger charge is -2.30. The van der Waals surface area contributed by atoms with Crippen LogP contribution in [0.4, 0.5) is 0 Å². The molecule has 2 heterocycles. The Kier molecular flexibility index (Phi) is 9.81. The number of ketones is 1. The van der Waals surface area contributed by atoms with Crippen molar-refractivity contribution in [2.24, 2.45) is 16.9 Å². The lowest BCUT2D eigenvalue weighted by atomic mass is 9.87. The number of nitrogens with zero attached hydrogens (tertiary/aromatic N) is 2. The summed E-state index contributed by atoms with van der Waals surface area (Å²) < 4.78 is 5.45. The predicted octanol–water partition coefficient (Wildman–Crippen LogP) is 3.11. The molecule has 2 N–H and O–H groups in total. The van der Waals surface area contributed by atoms with Crippen LogP contribution in [0.5, 0.6) is 0 Å². The normalized spacial score (nSPS) is 23.8. The molecule has 3 aliphatic rings. The number of benzene rings is 1. The highest BCUT2D eigenvalue weighted by Crippen LogP contribution is 2.26. The van der Waals surface area contributed by atoms with Crippen LogP contribution < -0.4 is 10.7 Å². The van der Waals surface area contributed by atoms with Crippen LogP contribution in [0.1, 0.15) is 56.9 Å². The van der Waals surface area contributed by atoms with Crippen LogP contribution in [0.25, 0.3) is 0 Å². The maximum absolute atomic E-state index is 13.3. The van der Waals surface area contributed by atoms with Crippen molar-refractivity contribution in [1.29, 1.82) is 0 Å². The SMILES string of the molecule is CN1/C(=N/NC(=O)C(=O)C(NC(=O)C2CCCCCC2)C2CCOCC2)SC[C@H]1Cc1ccccc1. The molecule has 0 bridgehead atoms. The number of ether oxygens (including phenoxy) is 1. The van der Waals surface area contributed by atoms with Crippen LogP contribution in [-0.2, 0) is 25.5 Å². The highest BCUT2D eigenvalue weighted by atomic mass is 32.2. The van der Waals surface area contributed by atoms with Crippen molar-refractivity contribution in [3.05, 3.63) is 35.9 Å². The number of nitrogens with one attached hydrogen (secondary N) is 2. The van der Waals surface area contributed by atoms with E-state index in [0.29, 0.717) is 31.2 Å². The molecule has 1 unspecified atom stereocenters. The van der Waals surface area contributed by atoms with E-state index in [9.17, 15) is 14.4 Å². The molecule has 1 aromatic carbocycles. The molecular formula is C27H38N4O4S. The number of hydrogen-bond acceptors (Lipinski definition) is 6. The standard InChI is InChI=1S/C27H38N4O4S/c1-31-22(17-19-9-5-4-6-10-19)18-36-27(31)30-29-26(34)24(32)23(20-13-15-35-16-14-20)28-25(33)21-11-7-2-3-8-12-21/h4-6,9-10,20-23H,2-3,7-8,11-18H2,1H3,(H,28,33)(H,29,34)/b30-27-/t22-,23?/m1/s1. The summed E-state index contributed by atoms with van der Waals surface area (Å²) in [5.74, 6) is -0.846. The third-order valence-corrected chi connectivity index (χ3v) is 8.78. The maximum Gasteiger partial charge on any atom is 0.309 e. The summed E-state index contributed by atoms with van der Waals surface area (Å²) in [5.41, 5.74) is 3.73. The quantitative estimate of drug-likeness (QED) is 0.314. The number of amidine groups is 1. The molecule has 2 aliphatic heterocycles. The first kappa shape index (κ1) is 26.7. The predicted molar refractivity (Wildman–Crippen MR) is 141 cm³/mol. The number of hydrogen-bond donors (Lipinski definition) is 2. The van der Waals surface area contributed by atoms with Crippen molar-refractivity contribution in [2.45, 2.75) is 69.9 Å². The van der Waals surface area contributed by atoms with Gasteiger partial charge in [0, 0.05) is 38.0 Å². The molecule has 2 saturated heterocycles. The van der Waals surface area contributed by atoms with Gasteiger partial charge < -0.3 is 15.0 Å². The average molecular weight is 515 g/mol. The monoisotopic (exact) mass is 514 g/mol. The van der Waals surface area contributed by atoms with E-state index in [4.69, 9.17) is 4.74 Å². The summed E-state index contributed by atoms with van der Waals surface area (Å²) in [7, 11) is 1.96. The fourth-order valence-corrected chi connectivity index (χ4v) is 6.43. The van der Waals surface area contributed by atoms with Crippen molar-refractivity contribution in [3.63, 3.8) is 0 Å². The first-order valence-corrected chi connectivity index (χ1v) is 14.2. The molecule has 0 radical (unpaired) electrons. The lowest BCUT2D eigenvalue weighted by Crippen LogP contribution is -2.53. The number of rotatable bonds is 8. The summed E-state index contributed by atoms with van der Waals surface area (Å²) in [6, 6.07) is 9.69.